The van der Waals surface area contributed by atoms with Gasteiger partial charge in [-0.2, -0.15) is 0 Å². The van der Waals surface area contributed by atoms with Crippen LogP contribution in [0.3, 0.4) is 0 Å². The average Bonchev–Trinajstić information content (AvgIpc) is 3.21. The van der Waals surface area contributed by atoms with Gasteiger partial charge in [0.1, 0.15) is 5.75 Å². The molecule has 2 aliphatic rings. The Morgan fingerprint density at radius 1 is 1.28 bits per heavy atom. The second-order valence-electron chi connectivity index (χ2n) is 7.13. The molecule has 2 atom stereocenters. The van der Waals surface area contributed by atoms with Crippen molar-refractivity contribution in [3.05, 3.63) is 40.1 Å². The molecule has 3 heterocycles. The number of likely N-dealkylation sites (N-methyl/N-ethyl adjacent to an activating group) is 1. The van der Waals surface area contributed by atoms with Crippen LogP contribution in [0.15, 0.2) is 29.6 Å². The lowest BCUT2D eigenvalue weighted by Crippen LogP contribution is -2.48. The summed E-state index contributed by atoms with van der Waals surface area (Å²) in [5.74, 6) is 0.944. The molecular formula is C20H26N2O2S. The number of morpholine rings is 1. The maximum Gasteiger partial charge on any atom is 0.126 e. The topological polar surface area (TPSA) is 24.9 Å². The number of ether oxygens (including phenoxy) is 2. The van der Waals surface area contributed by atoms with Gasteiger partial charge >= 0.3 is 0 Å². The highest BCUT2D eigenvalue weighted by Crippen LogP contribution is 2.34. The molecular weight excluding hydrogens is 332 g/mol. The van der Waals surface area contributed by atoms with Crippen molar-refractivity contribution in [3.63, 3.8) is 0 Å². The van der Waals surface area contributed by atoms with Gasteiger partial charge < -0.3 is 9.47 Å². The van der Waals surface area contributed by atoms with E-state index < -0.39 is 0 Å². The van der Waals surface area contributed by atoms with E-state index in [0.29, 0.717) is 12.1 Å². The van der Waals surface area contributed by atoms with Crippen LogP contribution < -0.4 is 4.74 Å². The smallest absolute Gasteiger partial charge is 0.126 e. The number of hydrogen-bond acceptors (Lipinski definition) is 5. The molecule has 5 heteroatoms. The van der Waals surface area contributed by atoms with E-state index in [2.05, 4.69) is 53.4 Å². The highest BCUT2D eigenvalue weighted by atomic mass is 32.1. The van der Waals surface area contributed by atoms with Crippen molar-refractivity contribution in [1.82, 2.24) is 9.80 Å². The molecule has 0 radical (unpaired) electrons. The van der Waals surface area contributed by atoms with Crippen LogP contribution in [0, 0.1) is 6.92 Å². The molecule has 1 aromatic heterocycles. The predicted octanol–water partition coefficient (Wildman–Crippen LogP) is 3.25. The standard InChI is InChI=1S/C20H26N2O2S/c1-14-8-16(13-25-14)17-9-15(4-5-19(17)23-3)10-22-11-18-20(12-22)24-7-6-21(18)2/h4-5,8-9,13,18,20H,6-7,10-12H2,1-3H3/t18-,20-/m0/s1. The number of rotatable bonds is 4. The predicted molar refractivity (Wildman–Crippen MR) is 102 cm³/mol. The molecule has 0 bridgehead atoms. The van der Waals surface area contributed by atoms with Gasteiger partial charge in [0, 0.05) is 42.7 Å². The molecule has 1 aromatic carbocycles. The first kappa shape index (κ1) is 17.0. The van der Waals surface area contributed by atoms with Gasteiger partial charge in [0.05, 0.1) is 19.8 Å². The number of thiophene rings is 1. The zero-order valence-electron chi connectivity index (χ0n) is 15.2. The minimum atomic E-state index is 0.357. The van der Waals surface area contributed by atoms with Crippen molar-refractivity contribution in [3.8, 4) is 16.9 Å². The Morgan fingerprint density at radius 2 is 2.16 bits per heavy atom. The van der Waals surface area contributed by atoms with Gasteiger partial charge in [0.15, 0.2) is 0 Å². The molecule has 0 spiro atoms. The molecule has 4 nitrogen and oxygen atoms in total. The first-order chi connectivity index (χ1) is 12.1. The van der Waals surface area contributed by atoms with Crippen LogP contribution in [0.25, 0.3) is 11.1 Å². The van der Waals surface area contributed by atoms with Crippen LogP contribution in [0.5, 0.6) is 5.75 Å². The fraction of sp³-hybridized carbons (Fsp3) is 0.500. The lowest BCUT2D eigenvalue weighted by Gasteiger charge is -2.33. The summed E-state index contributed by atoms with van der Waals surface area (Å²) in [6.07, 6.45) is 0.357. The zero-order valence-corrected chi connectivity index (χ0v) is 16.0. The summed E-state index contributed by atoms with van der Waals surface area (Å²) in [6.45, 7) is 7.11. The fourth-order valence-electron chi connectivity index (χ4n) is 3.98. The highest BCUT2D eigenvalue weighted by molar-refractivity contribution is 7.10. The first-order valence-corrected chi connectivity index (χ1v) is 9.78. The van der Waals surface area contributed by atoms with Gasteiger partial charge in [-0.3, -0.25) is 9.80 Å². The summed E-state index contributed by atoms with van der Waals surface area (Å²) in [5.41, 5.74) is 3.77. The number of nitrogens with zero attached hydrogens (tertiary/aromatic N) is 2. The van der Waals surface area contributed by atoms with E-state index in [1.54, 1.807) is 18.4 Å². The van der Waals surface area contributed by atoms with Gasteiger partial charge in [-0.25, -0.2) is 0 Å². The van der Waals surface area contributed by atoms with E-state index in [1.165, 1.54) is 21.6 Å². The molecule has 0 N–H and O–H groups in total. The van der Waals surface area contributed by atoms with Crippen molar-refractivity contribution in [2.75, 3.05) is 40.4 Å². The average molecular weight is 359 g/mol. The lowest BCUT2D eigenvalue weighted by molar-refractivity contribution is -0.0370. The number of fused-ring (bicyclic) bond motifs is 1. The Hall–Kier alpha value is -1.40. The summed E-state index contributed by atoms with van der Waals surface area (Å²) in [6, 6.07) is 9.34. The van der Waals surface area contributed by atoms with E-state index in [-0.39, 0.29) is 0 Å². The van der Waals surface area contributed by atoms with Gasteiger partial charge in [0.25, 0.3) is 0 Å². The monoisotopic (exact) mass is 358 g/mol. The third-order valence-corrected chi connectivity index (χ3v) is 6.23. The van der Waals surface area contributed by atoms with E-state index in [0.717, 1.165) is 38.5 Å². The summed E-state index contributed by atoms with van der Waals surface area (Å²) in [7, 11) is 3.96. The number of benzene rings is 1. The van der Waals surface area contributed by atoms with Crippen LogP contribution in [-0.2, 0) is 11.3 Å². The van der Waals surface area contributed by atoms with Crippen molar-refractivity contribution < 1.29 is 9.47 Å². The Kier molecular flexibility index (Phi) is 4.82. The molecule has 4 rings (SSSR count). The van der Waals surface area contributed by atoms with Crippen LogP contribution in [-0.4, -0.2) is 62.3 Å². The molecule has 0 amide bonds. The molecule has 2 fully saturated rings. The maximum absolute atomic E-state index is 5.97. The first-order valence-electron chi connectivity index (χ1n) is 8.90. The summed E-state index contributed by atoms with van der Waals surface area (Å²) in [5, 5.41) is 2.21. The molecule has 2 aromatic rings. The number of likely N-dealkylation sites (tertiary alicyclic amines) is 1. The van der Waals surface area contributed by atoms with Crippen LogP contribution in [0.1, 0.15) is 10.4 Å². The minimum absolute atomic E-state index is 0.357. The number of methoxy groups -OCH3 is 1. The van der Waals surface area contributed by atoms with Crippen molar-refractivity contribution in [1.29, 1.82) is 0 Å². The molecule has 0 aliphatic carbocycles. The third kappa shape index (κ3) is 3.47. The Morgan fingerprint density at radius 3 is 2.88 bits per heavy atom. The van der Waals surface area contributed by atoms with Crippen LogP contribution >= 0.6 is 11.3 Å². The molecule has 2 saturated heterocycles. The van der Waals surface area contributed by atoms with Crippen molar-refractivity contribution in [2.24, 2.45) is 0 Å². The number of hydrogen-bond donors (Lipinski definition) is 0. The van der Waals surface area contributed by atoms with E-state index >= 15 is 0 Å². The minimum Gasteiger partial charge on any atom is -0.496 e. The molecule has 0 unspecified atom stereocenters. The highest BCUT2D eigenvalue weighted by Gasteiger charge is 2.38. The Labute approximate surface area is 154 Å². The number of aryl methyl sites for hydroxylation is 1. The second kappa shape index (κ2) is 7.08. The van der Waals surface area contributed by atoms with Gasteiger partial charge in [-0.15, -0.1) is 11.3 Å². The van der Waals surface area contributed by atoms with Crippen LogP contribution in [0.4, 0.5) is 0 Å². The van der Waals surface area contributed by atoms with Gasteiger partial charge in [0.2, 0.25) is 0 Å². The molecule has 25 heavy (non-hydrogen) atoms. The summed E-state index contributed by atoms with van der Waals surface area (Å²) < 4.78 is 11.6. The SMILES string of the molecule is COc1ccc(CN2C[C@@H]3OCCN(C)[C@H]3C2)cc1-c1csc(C)c1. The quantitative estimate of drug-likeness (QED) is 0.838. The van der Waals surface area contributed by atoms with E-state index in [9.17, 15) is 0 Å². The molecule has 0 saturated carbocycles. The fourth-order valence-corrected chi connectivity index (χ4v) is 4.69. The zero-order chi connectivity index (χ0) is 17.4. The maximum atomic E-state index is 5.97. The third-order valence-electron chi connectivity index (χ3n) is 5.37. The summed E-state index contributed by atoms with van der Waals surface area (Å²) >= 11 is 1.78. The second-order valence-corrected chi connectivity index (χ2v) is 8.25. The Bertz CT molecular complexity index is 745. The van der Waals surface area contributed by atoms with Crippen molar-refractivity contribution in [2.45, 2.75) is 25.6 Å². The molecule has 2 aliphatic heterocycles. The van der Waals surface area contributed by atoms with Gasteiger partial charge in [-0.1, -0.05) is 6.07 Å². The largest absolute Gasteiger partial charge is 0.496 e. The van der Waals surface area contributed by atoms with E-state index in [4.69, 9.17) is 9.47 Å². The van der Waals surface area contributed by atoms with Gasteiger partial charge in [-0.05, 0) is 48.7 Å². The van der Waals surface area contributed by atoms with Crippen molar-refractivity contribution >= 4 is 11.3 Å². The normalized spacial score (nSPS) is 24.4. The Balaban J connectivity index is 1.53. The van der Waals surface area contributed by atoms with E-state index in [1.807, 2.05) is 0 Å². The van der Waals surface area contributed by atoms with Crippen LogP contribution in [0.2, 0.25) is 0 Å². The molecule has 134 valence electrons. The summed E-state index contributed by atoms with van der Waals surface area (Å²) in [4.78, 5) is 6.29. The lowest BCUT2D eigenvalue weighted by atomic mass is 10.0.